The summed E-state index contributed by atoms with van der Waals surface area (Å²) in [7, 11) is 1.62. The van der Waals surface area contributed by atoms with Crippen LogP contribution in [0.15, 0.2) is 36.4 Å². The van der Waals surface area contributed by atoms with Gasteiger partial charge in [-0.25, -0.2) is 0 Å². The molecule has 0 saturated carbocycles. The Morgan fingerprint density at radius 3 is 2.67 bits per heavy atom. The number of rotatable bonds is 6. The second-order valence-corrected chi connectivity index (χ2v) is 6.06. The third-order valence-electron chi connectivity index (χ3n) is 4.60. The van der Waals surface area contributed by atoms with Gasteiger partial charge in [0.2, 0.25) is 0 Å². The smallest absolute Gasteiger partial charge is 0.254 e. The maximum absolute atomic E-state index is 12.9. The largest absolute Gasteiger partial charge is 0.496 e. The zero-order valence-corrected chi connectivity index (χ0v) is 14.0. The first-order valence-electron chi connectivity index (χ1n) is 8.12. The maximum atomic E-state index is 12.9. The summed E-state index contributed by atoms with van der Waals surface area (Å²) in [6.45, 7) is 3.11. The van der Waals surface area contributed by atoms with Crippen LogP contribution < -0.4 is 4.74 Å². The fourth-order valence-electron chi connectivity index (χ4n) is 3.33. The van der Waals surface area contributed by atoms with Crippen molar-refractivity contribution in [1.29, 1.82) is 0 Å². The highest BCUT2D eigenvalue weighted by Gasteiger charge is 2.33. The van der Waals surface area contributed by atoms with Crippen molar-refractivity contribution in [1.82, 2.24) is 4.90 Å². The van der Waals surface area contributed by atoms with E-state index in [0.717, 1.165) is 35.1 Å². The number of carbonyl (C=O) groups excluding carboxylic acids is 2. The summed E-state index contributed by atoms with van der Waals surface area (Å²) in [6.07, 6.45) is 1.93. The molecule has 1 amide bonds. The van der Waals surface area contributed by atoms with Gasteiger partial charge < -0.3 is 14.4 Å². The third kappa shape index (κ3) is 2.92. The van der Waals surface area contributed by atoms with Gasteiger partial charge in [0.05, 0.1) is 19.2 Å². The number of benzene rings is 2. The SMILES string of the molecule is COc1cc(C)c(CC=O)c2c1CN(CCc1ccccc1)C2=O. The molecule has 124 valence electrons. The van der Waals surface area contributed by atoms with Crippen LogP contribution in [0.3, 0.4) is 0 Å². The number of nitrogens with zero attached hydrogens (tertiary/aromatic N) is 1. The van der Waals surface area contributed by atoms with Gasteiger partial charge in [0.25, 0.3) is 5.91 Å². The van der Waals surface area contributed by atoms with E-state index < -0.39 is 0 Å². The molecule has 4 heteroatoms. The molecule has 4 nitrogen and oxygen atoms in total. The highest BCUT2D eigenvalue weighted by atomic mass is 16.5. The standard InChI is InChI=1S/C20H21NO3/c1-14-12-18(24-2)17-13-21(10-8-15-6-4-3-5-7-15)20(23)19(17)16(14)9-11-22/h3-7,11-12H,8-10,13H2,1-2H3. The molecule has 0 atom stereocenters. The number of hydrogen-bond donors (Lipinski definition) is 0. The summed E-state index contributed by atoms with van der Waals surface area (Å²) in [6, 6.07) is 12.0. The number of amides is 1. The van der Waals surface area contributed by atoms with Crippen molar-refractivity contribution in [2.75, 3.05) is 13.7 Å². The van der Waals surface area contributed by atoms with Crippen molar-refractivity contribution >= 4 is 12.2 Å². The molecule has 0 spiro atoms. The van der Waals surface area contributed by atoms with Crippen molar-refractivity contribution in [3.05, 3.63) is 64.2 Å². The summed E-state index contributed by atoms with van der Waals surface area (Å²) in [5.41, 5.74) is 4.52. The Labute approximate surface area is 142 Å². The van der Waals surface area contributed by atoms with E-state index in [1.165, 1.54) is 5.56 Å². The number of fused-ring (bicyclic) bond motifs is 1. The zero-order chi connectivity index (χ0) is 17.1. The minimum absolute atomic E-state index is 0.000203. The van der Waals surface area contributed by atoms with Crippen molar-refractivity contribution in [2.24, 2.45) is 0 Å². The molecule has 0 bridgehead atoms. The van der Waals surface area contributed by atoms with Crippen LogP contribution in [-0.2, 0) is 24.2 Å². The second-order valence-electron chi connectivity index (χ2n) is 6.06. The molecule has 2 aromatic carbocycles. The van der Waals surface area contributed by atoms with Crippen LogP contribution in [0.25, 0.3) is 0 Å². The molecule has 0 unspecified atom stereocenters. The summed E-state index contributed by atoms with van der Waals surface area (Å²) in [5, 5.41) is 0. The van der Waals surface area contributed by atoms with E-state index >= 15 is 0 Å². The second kappa shape index (κ2) is 6.87. The monoisotopic (exact) mass is 323 g/mol. The Balaban J connectivity index is 1.88. The normalized spacial score (nSPS) is 13.1. The van der Waals surface area contributed by atoms with Gasteiger partial charge in [0.15, 0.2) is 0 Å². The third-order valence-corrected chi connectivity index (χ3v) is 4.60. The first-order valence-corrected chi connectivity index (χ1v) is 8.12. The van der Waals surface area contributed by atoms with Gasteiger partial charge in [-0.05, 0) is 36.1 Å². The van der Waals surface area contributed by atoms with E-state index in [9.17, 15) is 9.59 Å². The predicted molar refractivity (Wildman–Crippen MR) is 92.4 cm³/mol. The molecule has 1 aliphatic heterocycles. The molecular formula is C20H21NO3. The predicted octanol–water partition coefficient (Wildman–Crippen LogP) is 2.94. The summed E-state index contributed by atoms with van der Waals surface area (Å²) < 4.78 is 5.46. The van der Waals surface area contributed by atoms with Crippen LogP contribution >= 0.6 is 0 Å². The van der Waals surface area contributed by atoms with Gasteiger partial charge in [-0.1, -0.05) is 30.3 Å². The number of aldehydes is 1. The number of aryl methyl sites for hydroxylation is 1. The lowest BCUT2D eigenvalue weighted by molar-refractivity contribution is -0.107. The molecule has 2 aromatic rings. The minimum Gasteiger partial charge on any atom is -0.496 e. The van der Waals surface area contributed by atoms with Gasteiger partial charge in [-0.2, -0.15) is 0 Å². The topological polar surface area (TPSA) is 46.6 Å². The van der Waals surface area contributed by atoms with Gasteiger partial charge in [-0.15, -0.1) is 0 Å². The van der Waals surface area contributed by atoms with Gasteiger partial charge in [-0.3, -0.25) is 4.79 Å². The number of methoxy groups -OCH3 is 1. The Kier molecular flexibility index (Phi) is 4.65. The molecule has 3 rings (SSSR count). The summed E-state index contributed by atoms with van der Waals surface area (Å²) in [4.78, 5) is 25.8. The van der Waals surface area contributed by atoms with Crippen LogP contribution in [0.5, 0.6) is 5.75 Å². The van der Waals surface area contributed by atoms with E-state index in [0.29, 0.717) is 18.7 Å². The van der Waals surface area contributed by atoms with E-state index in [-0.39, 0.29) is 12.3 Å². The molecule has 0 aliphatic carbocycles. The Hall–Kier alpha value is -2.62. The van der Waals surface area contributed by atoms with E-state index in [1.807, 2.05) is 36.1 Å². The van der Waals surface area contributed by atoms with E-state index in [2.05, 4.69) is 12.1 Å². The maximum Gasteiger partial charge on any atom is 0.254 e. The molecule has 24 heavy (non-hydrogen) atoms. The highest BCUT2D eigenvalue weighted by molar-refractivity contribution is 6.01. The van der Waals surface area contributed by atoms with Gasteiger partial charge >= 0.3 is 0 Å². The zero-order valence-electron chi connectivity index (χ0n) is 14.0. The molecule has 0 fully saturated rings. The van der Waals surface area contributed by atoms with Crippen LogP contribution in [-0.4, -0.2) is 30.7 Å². The van der Waals surface area contributed by atoms with E-state index in [4.69, 9.17) is 4.74 Å². The first-order chi connectivity index (χ1) is 11.7. The molecule has 0 radical (unpaired) electrons. The average molecular weight is 323 g/mol. The Morgan fingerprint density at radius 2 is 2.00 bits per heavy atom. The van der Waals surface area contributed by atoms with Crippen molar-refractivity contribution in [2.45, 2.75) is 26.3 Å². The molecule has 1 heterocycles. The van der Waals surface area contributed by atoms with Crippen LogP contribution in [0.1, 0.15) is 32.6 Å². The average Bonchev–Trinajstić information content (AvgIpc) is 2.93. The number of hydrogen-bond acceptors (Lipinski definition) is 3. The lowest BCUT2D eigenvalue weighted by Crippen LogP contribution is -2.26. The highest BCUT2D eigenvalue weighted by Crippen LogP contribution is 2.35. The van der Waals surface area contributed by atoms with Crippen LogP contribution in [0.2, 0.25) is 0 Å². The molecular weight excluding hydrogens is 302 g/mol. The van der Waals surface area contributed by atoms with Crippen LogP contribution in [0, 0.1) is 6.92 Å². The van der Waals surface area contributed by atoms with Crippen molar-refractivity contribution in [3.8, 4) is 5.75 Å². The molecule has 0 aromatic heterocycles. The Bertz CT molecular complexity index is 768. The van der Waals surface area contributed by atoms with Crippen molar-refractivity contribution in [3.63, 3.8) is 0 Å². The van der Waals surface area contributed by atoms with Gasteiger partial charge in [0, 0.05) is 18.5 Å². The molecule has 0 saturated heterocycles. The first kappa shape index (κ1) is 16.2. The fourth-order valence-corrected chi connectivity index (χ4v) is 3.33. The van der Waals surface area contributed by atoms with Gasteiger partial charge in [0.1, 0.15) is 12.0 Å². The number of carbonyl (C=O) groups is 2. The van der Waals surface area contributed by atoms with Crippen LogP contribution in [0.4, 0.5) is 0 Å². The fraction of sp³-hybridized carbons (Fsp3) is 0.300. The molecule has 1 aliphatic rings. The lowest BCUT2D eigenvalue weighted by atomic mass is 9.95. The summed E-state index contributed by atoms with van der Waals surface area (Å²) >= 11 is 0. The quantitative estimate of drug-likeness (QED) is 0.768. The Morgan fingerprint density at radius 1 is 1.25 bits per heavy atom. The number of ether oxygens (including phenoxy) is 1. The molecule has 0 N–H and O–H groups in total. The van der Waals surface area contributed by atoms with E-state index in [1.54, 1.807) is 7.11 Å². The minimum atomic E-state index is -0.000203. The lowest BCUT2D eigenvalue weighted by Gasteiger charge is -2.15. The van der Waals surface area contributed by atoms with Crippen molar-refractivity contribution < 1.29 is 14.3 Å². The summed E-state index contributed by atoms with van der Waals surface area (Å²) in [5.74, 6) is 0.729.